The molecular weight excluding hydrogens is 338 g/mol. The highest BCUT2D eigenvalue weighted by molar-refractivity contribution is 6.30. The third kappa shape index (κ3) is 5.48. The van der Waals surface area contributed by atoms with E-state index in [2.05, 4.69) is 12.2 Å². The van der Waals surface area contributed by atoms with Crippen molar-refractivity contribution >= 4 is 17.5 Å². The molecule has 0 heterocycles. The number of methoxy groups -OCH3 is 1. The van der Waals surface area contributed by atoms with Gasteiger partial charge >= 0.3 is 0 Å². The SMILES string of the molecule is CCCOCc1cc(C(=O)NC(C)c2ccc(Cl)cc2)ccc1OC. The minimum absolute atomic E-state index is 0.119. The second kappa shape index (κ2) is 9.44. The summed E-state index contributed by atoms with van der Waals surface area (Å²) in [6.07, 6.45) is 0.946. The van der Waals surface area contributed by atoms with Crippen LogP contribution in [0.25, 0.3) is 0 Å². The Hall–Kier alpha value is -2.04. The van der Waals surface area contributed by atoms with Crippen LogP contribution in [-0.4, -0.2) is 19.6 Å². The van der Waals surface area contributed by atoms with E-state index in [0.29, 0.717) is 23.8 Å². The van der Waals surface area contributed by atoms with Gasteiger partial charge in [-0.05, 0) is 49.2 Å². The van der Waals surface area contributed by atoms with Crippen LogP contribution in [0, 0.1) is 0 Å². The van der Waals surface area contributed by atoms with Gasteiger partial charge in [0.2, 0.25) is 0 Å². The van der Waals surface area contributed by atoms with Crippen LogP contribution in [0.5, 0.6) is 5.75 Å². The molecule has 134 valence electrons. The third-order valence-electron chi connectivity index (χ3n) is 3.87. The molecule has 1 unspecified atom stereocenters. The van der Waals surface area contributed by atoms with Gasteiger partial charge in [0.25, 0.3) is 5.91 Å². The Kier molecular flexibility index (Phi) is 7.29. The van der Waals surface area contributed by atoms with Gasteiger partial charge in [-0.25, -0.2) is 0 Å². The smallest absolute Gasteiger partial charge is 0.251 e. The van der Waals surface area contributed by atoms with Crippen molar-refractivity contribution < 1.29 is 14.3 Å². The van der Waals surface area contributed by atoms with Crippen molar-refractivity contribution in [1.82, 2.24) is 5.32 Å². The number of hydrogen-bond acceptors (Lipinski definition) is 3. The second-order valence-electron chi connectivity index (χ2n) is 5.83. The van der Waals surface area contributed by atoms with Gasteiger partial charge in [0, 0.05) is 22.8 Å². The Labute approximate surface area is 154 Å². The molecule has 2 rings (SSSR count). The van der Waals surface area contributed by atoms with Gasteiger partial charge in [-0.15, -0.1) is 0 Å². The fourth-order valence-corrected chi connectivity index (χ4v) is 2.60. The lowest BCUT2D eigenvalue weighted by Gasteiger charge is -2.16. The lowest BCUT2D eigenvalue weighted by molar-refractivity contribution is 0.0939. The Bertz CT molecular complexity index is 701. The molecule has 5 heteroatoms. The first kappa shape index (κ1) is 19.3. The van der Waals surface area contributed by atoms with E-state index in [-0.39, 0.29) is 11.9 Å². The molecule has 0 aliphatic heterocycles. The molecule has 2 aromatic rings. The molecule has 1 amide bonds. The van der Waals surface area contributed by atoms with Crippen molar-refractivity contribution in [2.75, 3.05) is 13.7 Å². The zero-order valence-corrected chi connectivity index (χ0v) is 15.6. The molecule has 2 aromatic carbocycles. The molecule has 1 atom stereocenters. The Morgan fingerprint density at radius 3 is 2.56 bits per heavy atom. The number of carbonyl (C=O) groups excluding carboxylic acids is 1. The molecule has 0 bridgehead atoms. The van der Waals surface area contributed by atoms with Crippen molar-refractivity contribution in [2.45, 2.75) is 32.9 Å². The number of benzene rings is 2. The predicted molar refractivity (Wildman–Crippen MR) is 100 cm³/mol. The van der Waals surface area contributed by atoms with Crippen molar-refractivity contribution in [3.63, 3.8) is 0 Å². The first-order valence-corrected chi connectivity index (χ1v) is 8.74. The van der Waals surface area contributed by atoms with E-state index in [4.69, 9.17) is 21.1 Å². The number of ether oxygens (including phenoxy) is 2. The summed E-state index contributed by atoms with van der Waals surface area (Å²) in [5, 5.41) is 3.68. The van der Waals surface area contributed by atoms with E-state index >= 15 is 0 Å². The summed E-state index contributed by atoms with van der Waals surface area (Å²) >= 11 is 5.91. The molecule has 0 aliphatic rings. The zero-order chi connectivity index (χ0) is 18.2. The van der Waals surface area contributed by atoms with Crippen LogP contribution in [0.4, 0.5) is 0 Å². The highest BCUT2D eigenvalue weighted by Gasteiger charge is 2.14. The zero-order valence-electron chi connectivity index (χ0n) is 14.8. The quantitative estimate of drug-likeness (QED) is 0.689. The fourth-order valence-electron chi connectivity index (χ4n) is 2.47. The minimum atomic E-state index is -0.137. The summed E-state index contributed by atoms with van der Waals surface area (Å²) in [6, 6.07) is 12.7. The van der Waals surface area contributed by atoms with E-state index in [1.165, 1.54) is 0 Å². The first-order chi connectivity index (χ1) is 12.0. The Balaban J connectivity index is 2.09. The molecule has 1 N–H and O–H groups in total. The summed E-state index contributed by atoms with van der Waals surface area (Å²) in [5.41, 5.74) is 2.44. The standard InChI is InChI=1S/C20H24ClNO3/c1-4-11-25-13-17-12-16(7-10-19(17)24-3)20(23)22-14(2)15-5-8-18(21)9-6-15/h5-10,12,14H,4,11,13H2,1-3H3,(H,22,23). The number of carbonyl (C=O) groups is 1. The molecule has 0 aromatic heterocycles. The maximum Gasteiger partial charge on any atom is 0.251 e. The van der Waals surface area contributed by atoms with Crippen molar-refractivity contribution in [1.29, 1.82) is 0 Å². The van der Waals surface area contributed by atoms with Crippen LogP contribution < -0.4 is 10.1 Å². The summed E-state index contributed by atoms with van der Waals surface area (Å²) in [4.78, 5) is 12.6. The van der Waals surface area contributed by atoms with Crippen LogP contribution in [0.15, 0.2) is 42.5 Å². The summed E-state index contributed by atoms with van der Waals surface area (Å²) in [6.45, 7) is 5.09. The molecule has 0 radical (unpaired) electrons. The summed E-state index contributed by atoms with van der Waals surface area (Å²) in [7, 11) is 1.61. The van der Waals surface area contributed by atoms with Crippen LogP contribution in [0.1, 0.15) is 47.8 Å². The van der Waals surface area contributed by atoms with E-state index in [1.54, 1.807) is 19.2 Å². The largest absolute Gasteiger partial charge is 0.496 e. The number of nitrogens with one attached hydrogen (secondary N) is 1. The molecule has 0 saturated heterocycles. The van der Waals surface area contributed by atoms with Crippen LogP contribution in [-0.2, 0) is 11.3 Å². The average molecular weight is 362 g/mol. The van der Waals surface area contributed by atoms with E-state index in [1.807, 2.05) is 37.3 Å². The monoisotopic (exact) mass is 361 g/mol. The highest BCUT2D eigenvalue weighted by Crippen LogP contribution is 2.22. The topological polar surface area (TPSA) is 47.6 Å². The number of amides is 1. The van der Waals surface area contributed by atoms with Crippen LogP contribution in [0.2, 0.25) is 5.02 Å². The molecule has 0 aliphatic carbocycles. The highest BCUT2D eigenvalue weighted by atomic mass is 35.5. The molecule has 4 nitrogen and oxygen atoms in total. The molecular formula is C20H24ClNO3. The fraction of sp³-hybridized carbons (Fsp3) is 0.350. The maximum absolute atomic E-state index is 12.6. The van der Waals surface area contributed by atoms with Gasteiger partial charge in [-0.1, -0.05) is 30.7 Å². The van der Waals surface area contributed by atoms with Crippen molar-refractivity contribution in [3.05, 3.63) is 64.2 Å². The van der Waals surface area contributed by atoms with E-state index < -0.39 is 0 Å². The number of hydrogen-bond donors (Lipinski definition) is 1. The average Bonchev–Trinajstić information content (AvgIpc) is 2.62. The van der Waals surface area contributed by atoms with E-state index in [9.17, 15) is 4.79 Å². The molecule has 0 fully saturated rings. The number of rotatable bonds is 8. The van der Waals surface area contributed by atoms with Gasteiger partial charge in [0.1, 0.15) is 5.75 Å². The number of halogens is 1. The van der Waals surface area contributed by atoms with Crippen LogP contribution in [0.3, 0.4) is 0 Å². The van der Waals surface area contributed by atoms with Gasteiger partial charge in [0.15, 0.2) is 0 Å². The van der Waals surface area contributed by atoms with Gasteiger partial charge in [0.05, 0.1) is 19.8 Å². The second-order valence-corrected chi connectivity index (χ2v) is 6.26. The van der Waals surface area contributed by atoms with Gasteiger partial charge in [-0.3, -0.25) is 4.79 Å². The predicted octanol–water partition coefficient (Wildman–Crippen LogP) is 4.77. The van der Waals surface area contributed by atoms with Gasteiger partial charge in [-0.2, -0.15) is 0 Å². The Morgan fingerprint density at radius 2 is 1.92 bits per heavy atom. The first-order valence-electron chi connectivity index (χ1n) is 8.36. The summed E-state index contributed by atoms with van der Waals surface area (Å²) < 4.78 is 10.9. The van der Waals surface area contributed by atoms with E-state index in [0.717, 1.165) is 23.3 Å². The molecule has 25 heavy (non-hydrogen) atoms. The van der Waals surface area contributed by atoms with Crippen molar-refractivity contribution in [3.8, 4) is 5.75 Å². The normalized spacial score (nSPS) is 11.8. The third-order valence-corrected chi connectivity index (χ3v) is 4.12. The minimum Gasteiger partial charge on any atom is -0.496 e. The molecule has 0 spiro atoms. The maximum atomic E-state index is 12.6. The Morgan fingerprint density at radius 1 is 1.20 bits per heavy atom. The molecule has 0 saturated carbocycles. The lowest BCUT2D eigenvalue weighted by Crippen LogP contribution is -2.26. The summed E-state index contributed by atoms with van der Waals surface area (Å²) in [5.74, 6) is 0.584. The lowest BCUT2D eigenvalue weighted by atomic mass is 10.1. The van der Waals surface area contributed by atoms with Crippen LogP contribution >= 0.6 is 11.6 Å². The van der Waals surface area contributed by atoms with Gasteiger partial charge < -0.3 is 14.8 Å². The van der Waals surface area contributed by atoms with Crippen molar-refractivity contribution in [2.24, 2.45) is 0 Å².